The predicted molar refractivity (Wildman–Crippen MR) is 199 cm³/mol. The number of nitrogens with zero attached hydrogens (tertiary/aromatic N) is 4. The molecule has 0 aromatic carbocycles. The molecule has 10 N–H and O–H groups in total. The number of aliphatic hydroxyl groups is 2. The van der Waals surface area contributed by atoms with Crippen molar-refractivity contribution >= 4 is 85.1 Å². The quantitative estimate of drug-likeness (QED) is 0.0451. The van der Waals surface area contributed by atoms with Gasteiger partial charge in [-0.2, -0.15) is 4.31 Å². The standard InChI is InChI=1S/C27H45BrN7O17P3S/c1-5-6-7-15(28)26(40)56-14(2)34-17(36)8-9-30-24(39)21(38)27(3,4)11-49-55(46,47)52-54(44,45)48-10-16-20(51-53(41,42)43)19(37)25(50-16)35-13-33-18-22(29)31-12-32-23(18)35/h12-16,19-21,25,37-38H,5-11H2,1-4H3,(H,30,39)(H,34,36)(H,44,45)(H,46,47)(H2,29,31,32)(H2,41,42,43)/t14-,15?,16+,19+,20+,21?,25+/m0/s1. The molecule has 0 aliphatic carbocycles. The Kier molecular flexibility index (Phi) is 17.6. The number of nitrogen functional groups attached to an aromatic ring is 1. The summed E-state index contributed by atoms with van der Waals surface area (Å²) in [5, 5.41) is 25.7. The maximum Gasteiger partial charge on any atom is 0.481 e. The number of thioether (sulfide) groups is 1. The summed E-state index contributed by atoms with van der Waals surface area (Å²) in [6, 6.07) is 0. The molecule has 56 heavy (non-hydrogen) atoms. The van der Waals surface area contributed by atoms with Crippen molar-refractivity contribution in [3.8, 4) is 0 Å². The number of phosphoric acid groups is 3. The van der Waals surface area contributed by atoms with Gasteiger partial charge in [-0.25, -0.2) is 28.6 Å². The first-order valence-corrected chi connectivity index (χ1v) is 22.9. The minimum Gasteiger partial charge on any atom is -0.386 e. The lowest BCUT2D eigenvalue weighted by molar-refractivity contribution is -0.137. The number of unbranched alkanes of at least 4 members (excludes halogenated alkanes) is 1. The molecule has 0 radical (unpaired) electrons. The lowest BCUT2D eigenvalue weighted by Crippen LogP contribution is -2.46. The summed E-state index contributed by atoms with van der Waals surface area (Å²) in [7, 11) is -16.4. The van der Waals surface area contributed by atoms with Gasteiger partial charge in [0, 0.05) is 18.4 Å². The number of amides is 2. The number of hydrogen-bond donors (Lipinski definition) is 9. The third kappa shape index (κ3) is 14.4. The number of nitrogens with two attached hydrogens (primary N) is 1. The van der Waals surface area contributed by atoms with Gasteiger partial charge in [0.25, 0.3) is 0 Å². The Balaban J connectivity index is 1.51. The van der Waals surface area contributed by atoms with Crippen molar-refractivity contribution in [2.45, 2.75) is 94.2 Å². The fourth-order valence-corrected chi connectivity index (χ4v) is 9.21. The number of nitrogens with one attached hydrogen (secondary N) is 2. The van der Waals surface area contributed by atoms with Crippen molar-refractivity contribution in [1.29, 1.82) is 0 Å². The number of imidazole rings is 1. The average molecular weight is 945 g/mol. The van der Waals surface area contributed by atoms with Crippen molar-refractivity contribution in [1.82, 2.24) is 30.2 Å². The van der Waals surface area contributed by atoms with Crippen LogP contribution in [0.2, 0.25) is 0 Å². The zero-order valence-corrected chi connectivity index (χ0v) is 35.4. The predicted octanol–water partition coefficient (Wildman–Crippen LogP) is 0.964. The zero-order chi connectivity index (χ0) is 42.2. The number of alkyl halides is 1. The number of ether oxygens (including phenoxy) is 1. The topological polar surface area (TPSA) is 364 Å². The molecule has 0 spiro atoms. The molecule has 29 heteroatoms. The van der Waals surface area contributed by atoms with Crippen LogP contribution in [0.25, 0.3) is 11.2 Å². The van der Waals surface area contributed by atoms with Gasteiger partial charge in [0.05, 0.1) is 29.7 Å². The Morgan fingerprint density at radius 1 is 1.12 bits per heavy atom. The number of halogens is 1. The Bertz CT molecular complexity index is 1840. The number of fused-ring (bicyclic) bond motifs is 1. The monoisotopic (exact) mass is 943 g/mol. The summed E-state index contributed by atoms with van der Waals surface area (Å²) < 4.78 is 62.1. The number of aromatic nitrogens is 4. The largest absolute Gasteiger partial charge is 0.481 e. The first-order valence-electron chi connectivity index (χ1n) is 16.6. The van der Waals surface area contributed by atoms with Crippen molar-refractivity contribution in [2.75, 3.05) is 25.5 Å². The molecule has 1 saturated heterocycles. The second-order valence-corrected chi connectivity index (χ2v) is 19.7. The number of carbonyl (C=O) groups is 3. The van der Waals surface area contributed by atoms with Gasteiger partial charge in [-0.05, 0) is 13.3 Å². The lowest BCUT2D eigenvalue weighted by Gasteiger charge is -2.30. The van der Waals surface area contributed by atoms with E-state index in [1.807, 2.05) is 6.92 Å². The summed E-state index contributed by atoms with van der Waals surface area (Å²) in [4.78, 5) is 87.8. The molecule has 0 saturated carbocycles. The van der Waals surface area contributed by atoms with Gasteiger partial charge in [-0.15, -0.1) is 0 Å². The van der Waals surface area contributed by atoms with E-state index in [0.29, 0.717) is 6.42 Å². The summed E-state index contributed by atoms with van der Waals surface area (Å²) >= 11 is 4.28. The van der Waals surface area contributed by atoms with Crippen molar-refractivity contribution < 1.29 is 80.5 Å². The second-order valence-electron chi connectivity index (χ2n) is 13.0. The molecule has 9 atom stereocenters. The van der Waals surface area contributed by atoms with Gasteiger partial charge in [-0.3, -0.25) is 32.5 Å². The Labute approximate surface area is 332 Å². The van der Waals surface area contributed by atoms with Gasteiger partial charge >= 0.3 is 23.5 Å². The van der Waals surface area contributed by atoms with Crippen LogP contribution in [-0.4, -0.2) is 121 Å². The van der Waals surface area contributed by atoms with Gasteiger partial charge in [0.1, 0.15) is 36.3 Å². The van der Waals surface area contributed by atoms with Gasteiger partial charge < -0.3 is 50.9 Å². The smallest absolute Gasteiger partial charge is 0.386 e. The van der Waals surface area contributed by atoms with E-state index in [9.17, 15) is 57.9 Å². The highest BCUT2D eigenvalue weighted by atomic mass is 79.9. The second kappa shape index (κ2) is 20.3. The fraction of sp³-hybridized carbons (Fsp3) is 0.704. The molecule has 318 valence electrons. The SMILES string of the molecule is CCCCC(Br)C(=O)S[C@@H](C)NC(=O)CCNC(=O)C(O)C(C)(C)COP(=O)(O)OP(=O)(O)OC[C@H]1O[C@@H](n2cnc3c(N)ncnc32)[C@H](O)[C@@H]1OP(=O)(O)O. The Hall–Kier alpha value is -1.96. The van der Waals surface area contributed by atoms with E-state index < -0.39 is 89.9 Å². The van der Waals surface area contributed by atoms with E-state index in [0.717, 1.165) is 41.8 Å². The van der Waals surface area contributed by atoms with Crippen LogP contribution in [0.15, 0.2) is 12.7 Å². The van der Waals surface area contributed by atoms with E-state index in [1.165, 1.54) is 13.8 Å². The Morgan fingerprint density at radius 2 is 1.79 bits per heavy atom. The average Bonchev–Trinajstić information content (AvgIpc) is 3.64. The molecule has 2 amide bonds. The number of rotatable bonds is 22. The van der Waals surface area contributed by atoms with Crippen LogP contribution >= 0.6 is 51.2 Å². The van der Waals surface area contributed by atoms with Gasteiger partial charge in [0.2, 0.25) is 16.9 Å². The molecule has 0 bridgehead atoms. The number of hydrogen-bond acceptors (Lipinski definition) is 18. The highest BCUT2D eigenvalue weighted by Crippen LogP contribution is 2.61. The number of phosphoric ester groups is 3. The van der Waals surface area contributed by atoms with Crippen LogP contribution in [0.4, 0.5) is 5.82 Å². The van der Waals surface area contributed by atoms with E-state index in [4.69, 9.17) is 19.5 Å². The zero-order valence-electron chi connectivity index (χ0n) is 30.3. The molecular weight excluding hydrogens is 899 g/mol. The van der Waals surface area contributed by atoms with Crippen LogP contribution in [-0.2, 0) is 50.7 Å². The highest BCUT2D eigenvalue weighted by molar-refractivity contribution is 9.10. The summed E-state index contributed by atoms with van der Waals surface area (Å²) in [5.74, 6) is -1.52. The lowest BCUT2D eigenvalue weighted by atomic mass is 9.87. The van der Waals surface area contributed by atoms with Crippen molar-refractivity contribution in [3.63, 3.8) is 0 Å². The first-order chi connectivity index (χ1) is 25.9. The molecule has 3 rings (SSSR count). The van der Waals surface area contributed by atoms with E-state index in [1.54, 1.807) is 6.92 Å². The fourth-order valence-electron chi connectivity index (χ4n) is 4.93. The molecule has 1 aliphatic rings. The van der Waals surface area contributed by atoms with Crippen LogP contribution in [0.3, 0.4) is 0 Å². The van der Waals surface area contributed by atoms with Crippen LogP contribution in [0, 0.1) is 5.41 Å². The maximum absolute atomic E-state index is 12.7. The minimum atomic E-state index is -5.57. The summed E-state index contributed by atoms with van der Waals surface area (Å²) in [6.45, 7) is 3.87. The third-order valence-corrected chi connectivity index (χ3v) is 13.1. The molecule has 2 aromatic rings. The maximum atomic E-state index is 12.7. The van der Waals surface area contributed by atoms with Crippen LogP contribution < -0.4 is 16.4 Å². The molecule has 1 fully saturated rings. The van der Waals surface area contributed by atoms with Gasteiger partial charge in [0.15, 0.2) is 17.7 Å². The Morgan fingerprint density at radius 3 is 2.43 bits per heavy atom. The van der Waals surface area contributed by atoms with E-state index in [2.05, 4.69) is 50.3 Å². The van der Waals surface area contributed by atoms with Crippen molar-refractivity contribution in [2.24, 2.45) is 5.41 Å². The highest BCUT2D eigenvalue weighted by Gasteiger charge is 2.50. The van der Waals surface area contributed by atoms with Crippen LogP contribution in [0.1, 0.15) is 59.6 Å². The molecule has 3 heterocycles. The minimum absolute atomic E-state index is 0.0293. The van der Waals surface area contributed by atoms with Crippen LogP contribution in [0.5, 0.6) is 0 Å². The normalized spacial score (nSPS) is 22.8. The first kappa shape index (κ1) is 48.4. The summed E-state index contributed by atoms with van der Waals surface area (Å²) in [5.41, 5.74) is 4.25. The molecule has 2 aromatic heterocycles. The number of aliphatic hydroxyl groups excluding tert-OH is 2. The number of anilines is 1. The van der Waals surface area contributed by atoms with E-state index in [-0.39, 0.29) is 39.9 Å². The molecule has 4 unspecified atom stereocenters. The van der Waals surface area contributed by atoms with E-state index >= 15 is 0 Å². The summed E-state index contributed by atoms with van der Waals surface area (Å²) in [6.07, 6.45) is -4.53. The third-order valence-electron chi connectivity index (χ3n) is 7.80. The van der Waals surface area contributed by atoms with Crippen molar-refractivity contribution in [3.05, 3.63) is 12.7 Å². The number of carbonyl (C=O) groups excluding carboxylic acids is 3. The van der Waals surface area contributed by atoms with Gasteiger partial charge in [-0.1, -0.05) is 61.3 Å². The molecular formula is C27H45BrN7O17P3S. The molecule has 1 aliphatic heterocycles. The molecule has 24 nitrogen and oxygen atoms in total.